The van der Waals surface area contributed by atoms with Crippen LogP contribution >= 0.6 is 11.8 Å². The summed E-state index contributed by atoms with van der Waals surface area (Å²) < 4.78 is 20.3. The Morgan fingerprint density at radius 2 is 2.00 bits per heavy atom. The first kappa shape index (κ1) is 17.0. The van der Waals surface area contributed by atoms with E-state index in [1.165, 1.54) is 31.0 Å². The molecule has 3 rings (SSSR count). The molecule has 128 valence electrons. The van der Waals surface area contributed by atoms with E-state index in [0.29, 0.717) is 11.6 Å². The number of amides is 1. The zero-order chi connectivity index (χ0) is 17.8. The fourth-order valence-electron chi connectivity index (χ4n) is 2.39. The fourth-order valence-corrected chi connectivity index (χ4v) is 2.88. The Bertz CT molecular complexity index is 897. The summed E-state index contributed by atoms with van der Waals surface area (Å²) in [5, 5.41) is 7.16. The van der Waals surface area contributed by atoms with Crippen LogP contribution in [0, 0.1) is 5.82 Å². The third kappa shape index (κ3) is 3.51. The summed E-state index contributed by atoms with van der Waals surface area (Å²) in [5.74, 6) is -0.151. The minimum absolute atomic E-state index is 0.121. The predicted octanol–water partition coefficient (Wildman–Crippen LogP) is 3.99. The van der Waals surface area contributed by atoms with Crippen LogP contribution in [0.5, 0.6) is 5.75 Å². The first-order valence-electron chi connectivity index (χ1n) is 7.46. The second-order valence-corrected chi connectivity index (χ2v) is 5.96. The Hall–Kier alpha value is -2.80. The van der Waals surface area contributed by atoms with Crippen LogP contribution in [0.2, 0.25) is 0 Å². The third-order valence-electron chi connectivity index (χ3n) is 3.59. The number of para-hydroxylation sites is 1. The normalized spacial score (nSPS) is 10.5. The van der Waals surface area contributed by atoms with Gasteiger partial charge < -0.3 is 10.1 Å². The Kier molecular flexibility index (Phi) is 5.04. The van der Waals surface area contributed by atoms with E-state index in [9.17, 15) is 9.18 Å². The Balaban J connectivity index is 1.99. The van der Waals surface area contributed by atoms with E-state index in [2.05, 4.69) is 10.4 Å². The van der Waals surface area contributed by atoms with Gasteiger partial charge in [-0.1, -0.05) is 18.2 Å². The van der Waals surface area contributed by atoms with Gasteiger partial charge in [0.1, 0.15) is 17.4 Å². The van der Waals surface area contributed by atoms with Crippen LogP contribution in [0.15, 0.2) is 59.6 Å². The topological polar surface area (TPSA) is 56.1 Å². The summed E-state index contributed by atoms with van der Waals surface area (Å²) in [4.78, 5) is 13.5. The molecule has 0 bridgehead atoms. The number of carbonyl (C=O) groups excluding carboxylic acids is 1. The maximum atomic E-state index is 13.6. The highest BCUT2D eigenvalue weighted by Gasteiger charge is 2.19. The lowest BCUT2D eigenvalue weighted by Crippen LogP contribution is -2.17. The number of carbonyl (C=O) groups is 1. The number of methoxy groups -OCH3 is 1. The van der Waals surface area contributed by atoms with Crippen LogP contribution < -0.4 is 10.1 Å². The van der Waals surface area contributed by atoms with Gasteiger partial charge in [0.05, 0.1) is 29.5 Å². The Morgan fingerprint density at radius 3 is 2.68 bits per heavy atom. The van der Waals surface area contributed by atoms with Crippen molar-refractivity contribution in [3.05, 3.63) is 66.1 Å². The smallest absolute Gasteiger partial charge is 0.260 e. The molecule has 7 heteroatoms. The van der Waals surface area contributed by atoms with Crippen molar-refractivity contribution in [1.82, 2.24) is 9.78 Å². The molecule has 0 saturated heterocycles. The second-order valence-electron chi connectivity index (χ2n) is 5.11. The number of nitrogens with zero attached hydrogens (tertiary/aromatic N) is 2. The standard InChI is InChI=1S/C18H16FN3O2S/c1-24-15-9-8-12(19)10-14(15)18(23)21-17-16(25-2)11-20-22(17)13-6-4-3-5-7-13/h3-11H,1-2H3,(H,21,23). The fraction of sp³-hybridized carbons (Fsp3) is 0.111. The summed E-state index contributed by atoms with van der Waals surface area (Å²) in [6.45, 7) is 0. The maximum absolute atomic E-state index is 13.6. The van der Waals surface area contributed by atoms with Gasteiger partial charge in [0, 0.05) is 0 Å². The van der Waals surface area contributed by atoms with E-state index in [1.54, 1.807) is 10.9 Å². The molecule has 0 fully saturated rings. The van der Waals surface area contributed by atoms with Gasteiger partial charge in [0.25, 0.3) is 5.91 Å². The van der Waals surface area contributed by atoms with Gasteiger partial charge >= 0.3 is 0 Å². The van der Waals surface area contributed by atoms with Crippen LogP contribution in [-0.2, 0) is 0 Å². The van der Waals surface area contributed by atoms with Gasteiger partial charge in [-0.25, -0.2) is 9.07 Å². The summed E-state index contributed by atoms with van der Waals surface area (Å²) in [6.07, 6.45) is 3.57. The number of rotatable bonds is 5. The average molecular weight is 357 g/mol. The summed E-state index contributed by atoms with van der Waals surface area (Å²) in [5.41, 5.74) is 0.930. The van der Waals surface area contributed by atoms with Crippen molar-refractivity contribution in [2.75, 3.05) is 18.7 Å². The number of aromatic nitrogens is 2. The average Bonchev–Trinajstić information content (AvgIpc) is 3.05. The van der Waals surface area contributed by atoms with E-state index in [0.717, 1.165) is 16.6 Å². The highest BCUT2D eigenvalue weighted by atomic mass is 32.2. The van der Waals surface area contributed by atoms with E-state index < -0.39 is 11.7 Å². The largest absolute Gasteiger partial charge is 0.496 e. The van der Waals surface area contributed by atoms with Crippen molar-refractivity contribution < 1.29 is 13.9 Å². The second kappa shape index (κ2) is 7.40. The SMILES string of the molecule is COc1ccc(F)cc1C(=O)Nc1c(SC)cnn1-c1ccccc1. The van der Waals surface area contributed by atoms with Crippen molar-refractivity contribution in [2.45, 2.75) is 4.90 Å². The molecule has 0 aliphatic carbocycles. The molecule has 1 amide bonds. The lowest BCUT2D eigenvalue weighted by molar-refractivity contribution is 0.102. The first-order valence-corrected chi connectivity index (χ1v) is 8.69. The van der Waals surface area contributed by atoms with Crippen molar-refractivity contribution >= 4 is 23.5 Å². The molecule has 1 N–H and O–H groups in total. The van der Waals surface area contributed by atoms with Crippen molar-refractivity contribution in [1.29, 1.82) is 0 Å². The van der Waals surface area contributed by atoms with Gasteiger partial charge in [-0.15, -0.1) is 11.8 Å². The highest BCUT2D eigenvalue weighted by molar-refractivity contribution is 7.98. The Labute approximate surface area is 148 Å². The predicted molar refractivity (Wildman–Crippen MR) is 96.3 cm³/mol. The number of nitrogens with one attached hydrogen (secondary N) is 1. The molecule has 2 aromatic carbocycles. The van der Waals surface area contributed by atoms with Crippen LogP contribution in [0.4, 0.5) is 10.2 Å². The molecule has 5 nitrogen and oxygen atoms in total. The maximum Gasteiger partial charge on any atom is 0.260 e. The molecule has 1 aromatic heterocycles. The minimum atomic E-state index is -0.507. The van der Waals surface area contributed by atoms with Crippen molar-refractivity contribution in [2.24, 2.45) is 0 Å². The summed E-state index contributed by atoms with van der Waals surface area (Å²) in [7, 11) is 1.44. The van der Waals surface area contributed by atoms with E-state index >= 15 is 0 Å². The molecule has 3 aromatic rings. The van der Waals surface area contributed by atoms with Crippen LogP contribution in [0.3, 0.4) is 0 Å². The molecule has 0 spiro atoms. The van der Waals surface area contributed by atoms with Gasteiger partial charge in [0.15, 0.2) is 0 Å². The summed E-state index contributed by atoms with van der Waals surface area (Å²) >= 11 is 1.46. The third-order valence-corrected chi connectivity index (χ3v) is 4.33. The van der Waals surface area contributed by atoms with E-state index in [-0.39, 0.29) is 5.56 Å². The van der Waals surface area contributed by atoms with E-state index in [1.807, 2.05) is 36.6 Å². The monoisotopic (exact) mass is 357 g/mol. The number of benzene rings is 2. The molecule has 0 aliphatic rings. The molecule has 0 atom stereocenters. The molecular formula is C18H16FN3O2S. The quantitative estimate of drug-likeness (QED) is 0.702. The van der Waals surface area contributed by atoms with Gasteiger partial charge in [-0.3, -0.25) is 4.79 Å². The molecular weight excluding hydrogens is 341 g/mol. The zero-order valence-corrected chi connectivity index (χ0v) is 14.5. The number of hydrogen-bond acceptors (Lipinski definition) is 4. The van der Waals surface area contributed by atoms with Crippen molar-refractivity contribution in [3.8, 4) is 11.4 Å². The first-order chi connectivity index (χ1) is 12.1. The van der Waals surface area contributed by atoms with Gasteiger partial charge in [-0.05, 0) is 36.6 Å². The molecule has 25 heavy (non-hydrogen) atoms. The number of hydrogen-bond donors (Lipinski definition) is 1. The number of halogens is 1. The molecule has 0 saturated carbocycles. The number of anilines is 1. The van der Waals surface area contributed by atoms with Crippen LogP contribution in [0.1, 0.15) is 10.4 Å². The Morgan fingerprint density at radius 1 is 1.24 bits per heavy atom. The van der Waals surface area contributed by atoms with E-state index in [4.69, 9.17) is 4.74 Å². The highest BCUT2D eigenvalue weighted by Crippen LogP contribution is 2.29. The number of ether oxygens (including phenoxy) is 1. The molecule has 1 heterocycles. The summed E-state index contributed by atoms with van der Waals surface area (Å²) in [6, 6.07) is 13.3. The van der Waals surface area contributed by atoms with Crippen LogP contribution in [0.25, 0.3) is 5.69 Å². The molecule has 0 aliphatic heterocycles. The lowest BCUT2D eigenvalue weighted by atomic mass is 10.2. The van der Waals surface area contributed by atoms with Crippen molar-refractivity contribution in [3.63, 3.8) is 0 Å². The van der Waals surface area contributed by atoms with Crippen LogP contribution in [-0.4, -0.2) is 29.1 Å². The number of thioether (sulfide) groups is 1. The molecule has 0 radical (unpaired) electrons. The zero-order valence-electron chi connectivity index (χ0n) is 13.7. The molecule has 0 unspecified atom stereocenters. The van der Waals surface area contributed by atoms with Gasteiger partial charge in [-0.2, -0.15) is 5.10 Å². The van der Waals surface area contributed by atoms with Gasteiger partial charge in [0.2, 0.25) is 0 Å². The minimum Gasteiger partial charge on any atom is -0.496 e. The lowest BCUT2D eigenvalue weighted by Gasteiger charge is -2.12.